The highest BCUT2D eigenvalue weighted by Gasteiger charge is 2.39. The van der Waals surface area contributed by atoms with Gasteiger partial charge in [-0.25, -0.2) is 13.2 Å². The summed E-state index contributed by atoms with van der Waals surface area (Å²) in [6.45, 7) is 1.03. The summed E-state index contributed by atoms with van der Waals surface area (Å²) in [5, 5.41) is 16.5. The van der Waals surface area contributed by atoms with Gasteiger partial charge in [-0.15, -0.1) is 4.59 Å². The minimum atomic E-state index is -3.64. The van der Waals surface area contributed by atoms with Gasteiger partial charge in [-0.05, 0) is 59.4 Å². The van der Waals surface area contributed by atoms with E-state index in [-0.39, 0.29) is 34.2 Å². The molecule has 4 rings (SSSR count). The predicted octanol–water partition coefficient (Wildman–Crippen LogP) is 3.59. The van der Waals surface area contributed by atoms with E-state index < -0.39 is 9.84 Å². The van der Waals surface area contributed by atoms with Gasteiger partial charge >= 0.3 is 5.91 Å². The van der Waals surface area contributed by atoms with Gasteiger partial charge in [0.2, 0.25) is 4.80 Å². The summed E-state index contributed by atoms with van der Waals surface area (Å²) in [6, 6.07) is 10.2. The zero-order valence-corrected chi connectivity index (χ0v) is 20.8. The molecule has 1 amide bonds. The quantitative estimate of drug-likeness (QED) is 0.515. The number of benzene rings is 2. The maximum atomic E-state index is 13.4. The van der Waals surface area contributed by atoms with E-state index in [1.165, 1.54) is 11.3 Å². The van der Waals surface area contributed by atoms with Gasteiger partial charge in [0, 0.05) is 18.3 Å². The fraction of sp³-hybridized carbons (Fsp3) is 0.391. The van der Waals surface area contributed by atoms with Gasteiger partial charge in [0.25, 0.3) is 0 Å². The summed E-state index contributed by atoms with van der Waals surface area (Å²) in [4.78, 5) is 15.0. The van der Waals surface area contributed by atoms with Gasteiger partial charge in [0.05, 0.1) is 28.6 Å². The molecular formula is C23H27ClN3O4S2+. The van der Waals surface area contributed by atoms with E-state index in [2.05, 4.69) is 0 Å². The van der Waals surface area contributed by atoms with Gasteiger partial charge in [0.1, 0.15) is 13.1 Å². The van der Waals surface area contributed by atoms with E-state index in [1.807, 2.05) is 7.05 Å². The summed E-state index contributed by atoms with van der Waals surface area (Å²) in [5.41, 5.74) is 0. The number of aliphatic hydroxyl groups excluding tert-OH is 1. The molecule has 3 aromatic rings. The van der Waals surface area contributed by atoms with Crippen molar-refractivity contribution in [2.24, 2.45) is 12.1 Å². The van der Waals surface area contributed by atoms with Crippen molar-refractivity contribution in [3.63, 3.8) is 0 Å². The second-order valence-electron chi connectivity index (χ2n) is 8.40. The Morgan fingerprint density at radius 3 is 2.55 bits per heavy atom. The molecule has 1 aromatic heterocycles. The van der Waals surface area contributed by atoms with Crippen LogP contribution in [0, 0.1) is 0 Å². The van der Waals surface area contributed by atoms with Gasteiger partial charge < -0.3 is 9.67 Å². The number of rotatable bonds is 6. The number of nitrogens with zero attached hydrogens (tertiary/aromatic N) is 3. The van der Waals surface area contributed by atoms with Crippen molar-refractivity contribution >= 4 is 49.5 Å². The third-order valence-electron chi connectivity index (χ3n) is 6.03. The third-order valence-corrected chi connectivity index (χ3v) is 9.03. The van der Waals surface area contributed by atoms with Gasteiger partial charge in [0.15, 0.2) is 9.84 Å². The van der Waals surface area contributed by atoms with Crippen molar-refractivity contribution in [3.05, 3.63) is 57.3 Å². The number of fused-ring (bicyclic) bond motifs is 1. The Kier molecular flexibility index (Phi) is 7.07. The Morgan fingerprint density at radius 1 is 1.15 bits per heavy atom. The molecule has 0 saturated carbocycles. The van der Waals surface area contributed by atoms with Crippen molar-refractivity contribution in [1.29, 1.82) is 0 Å². The van der Waals surface area contributed by atoms with Crippen LogP contribution in [0.3, 0.4) is 0 Å². The number of thiazole rings is 1. The molecule has 1 aliphatic rings. The Morgan fingerprint density at radius 2 is 1.85 bits per heavy atom. The predicted molar refractivity (Wildman–Crippen MR) is 129 cm³/mol. The number of aliphatic hydroxyl groups is 1. The van der Waals surface area contributed by atoms with Crippen LogP contribution in [0.5, 0.6) is 0 Å². The van der Waals surface area contributed by atoms with Gasteiger partial charge in [-0.3, -0.25) is 0 Å². The van der Waals surface area contributed by atoms with Crippen LogP contribution in [0.4, 0.5) is 0 Å². The zero-order valence-electron chi connectivity index (χ0n) is 18.4. The minimum absolute atomic E-state index is 0.0851. The maximum absolute atomic E-state index is 13.4. The average Bonchev–Trinajstić information content (AvgIpc) is 3.16. The molecule has 0 aliphatic carbocycles. The van der Waals surface area contributed by atoms with Crippen molar-refractivity contribution in [3.8, 4) is 0 Å². The number of carbonyl (C=O) groups is 1. The Bertz CT molecular complexity index is 1360. The fourth-order valence-corrected chi connectivity index (χ4v) is 6.54. The van der Waals surface area contributed by atoms with Crippen molar-refractivity contribution in [2.45, 2.75) is 37.2 Å². The van der Waals surface area contributed by atoms with Crippen LogP contribution >= 0.6 is 22.9 Å². The first-order valence-corrected chi connectivity index (χ1v) is 13.7. The summed E-state index contributed by atoms with van der Waals surface area (Å²) in [5.74, 6) is -0.455. The number of likely N-dealkylation sites (tertiary alicyclic amines) is 1. The number of aryl methyl sites for hydroxylation is 1. The van der Waals surface area contributed by atoms with E-state index in [4.69, 9.17) is 16.7 Å². The van der Waals surface area contributed by atoms with Crippen LogP contribution in [0.2, 0.25) is 5.02 Å². The molecule has 0 spiro atoms. The summed E-state index contributed by atoms with van der Waals surface area (Å²) >= 11 is 7.36. The largest absolute Gasteiger partial charge is 0.391 e. The lowest BCUT2D eigenvalue weighted by Gasteiger charge is -2.32. The SMILES string of the molecule is Cn1cc(CO)s/c1=N\[N+]1(C(=O)CCS(=O)(=O)c2ccc3cc(Cl)ccc3c2)CCCCC1. The summed E-state index contributed by atoms with van der Waals surface area (Å²) in [6.07, 6.45) is 4.44. The zero-order chi connectivity index (χ0) is 23.6. The molecular weight excluding hydrogens is 482 g/mol. The topological polar surface area (TPSA) is 88.7 Å². The molecule has 1 saturated heterocycles. The molecule has 0 atom stereocenters. The Hall–Kier alpha value is -2.04. The number of hydrogen-bond acceptors (Lipinski definition) is 6. The second-order valence-corrected chi connectivity index (χ2v) is 12.0. The van der Waals surface area contributed by atoms with E-state index in [9.17, 15) is 18.3 Å². The minimum Gasteiger partial charge on any atom is -0.391 e. The molecule has 0 radical (unpaired) electrons. The van der Waals surface area contributed by atoms with E-state index in [0.717, 1.165) is 34.9 Å². The van der Waals surface area contributed by atoms with Crippen LogP contribution in [-0.2, 0) is 28.3 Å². The number of quaternary nitrogens is 1. The van der Waals surface area contributed by atoms with Crippen molar-refractivity contribution in [2.75, 3.05) is 18.8 Å². The highest BCUT2D eigenvalue weighted by molar-refractivity contribution is 7.91. The number of aromatic nitrogens is 1. The summed E-state index contributed by atoms with van der Waals surface area (Å²) < 4.78 is 27.8. The van der Waals surface area contributed by atoms with Crippen molar-refractivity contribution < 1.29 is 22.9 Å². The van der Waals surface area contributed by atoms with Gasteiger partial charge in [-0.2, -0.15) is 0 Å². The summed E-state index contributed by atoms with van der Waals surface area (Å²) in [7, 11) is -1.81. The number of hydrogen-bond donors (Lipinski definition) is 1. The third kappa shape index (κ3) is 5.22. The monoisotopic (exact) mass is 508 g/mol. The molecule has 0 unspecified atom stereocenters. The maximum Gasteiger partial charge on any atom is 0.340 e. The van der Waals surface area contributed by atoms with Crippen molar-refractivity contribution in [1.82, 2.24) is 4.57 Å². The van der Waals surface area contributed by atoms with Gasteiger partial charge in [-0.1, -0.05) is 35.1 Å². The van der Waals surface area contributed by atoms with Crippen LogP contribution < -0.4 is 4.80 Å². The molecule has 1 N–H and O–H groups in total. The smallest absolute Gasteiger partial charge is 0.340 e. The molecule has 10 heteroatoms. The lowest BCUT2D eigenvalue weighted by molar-refractivity contribution is -0.869. The van der Waals surface area contributed by atoms with E-state index in [1.54, 1.807) is 47.2 Å². The Labute approximate surface area is 202 Å². The molecule has 1 fully saturated rings. The number of piperidine rings is 1. The number of amides is 1. The number of halogens is 1. The lowest BCUT2D eigenvalue weighted by atomic mass is 10.1. The molecule has 33 heavy (non-hydrogen) atoms. The van der Waals surface area contributed by atoms with Crippen LogP contribution in [0.15, 0.2) is 52.6 Å². The van der Waals surface area contributed by atoms with E-state index >= 15 is 0 Å². The van der Waals surface area contributed by atoms with E-state index in [0.29, 0.717) is 22.9 Å². The average molecular weight is 509 g/mol. The molecule has 0 bridgehead atoms. The Balaban J connectivity index is 1.58. The van der Waals surface area contributed by atoms with Crippen LogP contribution in [0.25, 0.3) is 10.8 Å². The molecule has 2 heterocycles. The highest BCUT2D eigenvalue weighted by atomic mass is 35.5. The van der Waals surface area contributed by atoms with Crippen LogP contribution in [-0.4, -0.2) is 47.4 Å². The lowest BCUT2D eigenvalue weighted by Crippen LogP contribution is -2.53. The highest BCUT2D eigenvalue weighted by Crippen LogP contribution is 2.25. The fourth-order valence-electron chi connectivity index (χ4n) is 4.19. The molecule has 7 nitrogen and oxygen atoms in total. The van der Waals surface area contributed by atoms with Crippen LogP contribution in [0.1, 0.15) is 30.6 Å². The first kappa shape index (κ1) is 24.1. The first-order chi connectivity index (χ1) is 15.7. The first-order valence-electron chi connectivity index (χ1n) is 10.9. The normalized spacial score (nSPS) is 16.9. The standard InChI is InChI=1S/C23H27ClN3O4S2/c1-26-15-20(16-28)32-23(26)25-27(10-3-2-4-11-27)22(29)9-12-33(30,31)21-8-6-17-13-19(24)7-5-18(17)14-21/h5-8,13-15,28H,2-4,9-12,16H2,1H3/q+1/b25-23-. The molecule has 1 aliphatic heterocycles. The number of carbonyl (C=O) groups excluding carboxylic acids is 1. The molecule has 2 aromatic carbocycles. The second kappa shape index (κ2) is 9.68. The number of sulfone groups is 1. The molecule has 176 valence electrons.